The van der Waals surface area contributed by atoms with Crippen molar-refractivity contribution >= 4 is 44.9 Å². The van der Waals surface area contributed by atoms with Crippen molar-refractivity contribution in [3.63, 3.8) is 0 Å². The molecular formula is C22H25N5O3S. The molecule has 0 unspecified atom stereocenters. The van der Waals surface area contributed by atoms with Crippen molar-refractivity contribution in [1.82, 2.24) is 4.98 Å². The van der Waals surface area contributed by atoms with Gasteiger partial charge in [0.05, 0.1) is 17.9 Å². The van der Waals surface area contributed by atoms with Gasteiger partial charge >= 0.3 is 5.97 Å². The summed E-state index contributed by atoms with van der Waals surface area (Å²) in [5.74, 6) is -0.138. The molecule has 0 aliphatic carbocycles. The first-order valence-electron chi connectivity index (χ1n) is 10.2. The number of amides is 1. The molecule has 0 atom stereocenters. The van der Waals surface area contributed by atoms with E-state index < -0.39 is 5.91 Å². The van der Waals surface area contributed by atoms with Crippen LogP contribution < -0.4 is 22.1 Å². The molecule has 1 aliphatic rings. The number of ether oxygens (including phenoxy) is 1. The van der Waals surface area contributed by atoms with Gasteiger partial charge in [-0.2, -0.15) is 0 Å². The highest BCUT2D eigenvalue weighted by Gasteiger charge is 2.23. The Kier molecular flexibility index (Phi) is 5.79. The Bertz CT molecular complexity index is 1130. The SMILES string of the molecule is CCOC(=O)c1ccc(-c2cc(N3CCC(N)CC3)nc3sc(C(N)=O)c(N)c23)cc1. The van der Waals surface area contributed by atoms with E-state index in [4.69, 9.17) is 26.9 Å². The van der Waals surface area contributed by atoms with Gasteiger partial charge in [-0.1, -0.05) is 12.1 Å². The summed E-state index contributed by atoms with van der Waals surface area (Å²) < 4.78 is 5.06. The highest BCUT2D eigenvalue weighted by molar-refractivity contribution is 7.21. The van der Waals surface area contributed by atoms with E-state index in [9.17, 15) is 9.59 Å². The number of nitrogen functional groups attached to an aromatic ring is 1. The minimum absolute atomic E-state index is 0.203. The fraction of sp³-hybridized carbons (Fsp3) is 0.318. The van der Waals surface area contributed by atoms with Crippen molar-refractivity contribution in [3.05, 3.63) is 40.8 Å². The topological polar surface area (TPSA) is 138 Å². The van der Waals surface area contributed by atoms with Crippen LogP contribution >= 0.6 is 11.3 Å². The van der Waals surface area contributed by atoms with Crippen molar-refractivity contribution < 1.29 is 14.3 Å². The largest absolute Gasteiger partial charge is 0.462 e. The van der Waals surface area contributed by atoms with Crippen molar-refractivity contribution in [2.45, 2.75) is 25.8 Å². The lowest BCUT2D eigenvalue weighted by Crippen LogP contribution is -2.40. The number of thiophene rings is 1. The number of benzene rings is 1. The highest BCUT2D eigenvalue weighted by Crippen LogP contribution is 2.41. The lowest BCUT2D eigenvalue weighted by Gasteiger charge is -2.31. The molecule has 0 radical (unpaired) electrons. The first kappa shape index (κ1) is 21.1. The first-order chi connectivity index (χ1) is 14.9. The molecule has 1 saturated heterocycles. The number of nitrogens with zero attached hydrogens (tertiary/aromatic N) is 2. The summed E-state index contributed by atoms with van der Waals surface area (Å²) in [6.07, 6.45) is 1.78. The third kappa shape index (κ3) is 4.06. The summed E-state index contributed by atoms with van der Waals surface area (Å²) in [5.41, 5.74) is 20.4. The number of fused-ring (bicyclic) bond motifs is 1. The minimum atomic E-state index is -0.574. The fourth-order valence-electron chi connectivity index (χ4n) is 3.81. The number of piperidine rings is 1. The van der Waals surface area contributed by atoms with E-state index in [2.05, 4.69) is 4.90 Å². The molecule has 31 heavy (non-hydrogen) atoms. The number of rotatable bonds is 5. The Morgan fingerprint density at radius 2 is 1.90 bits per heavy atom. The van der Waals surface area contributed by atoms with Crippen LogP contribution in [-0.4, -0.2) is 42.6 Å². The minimum Gasteiger partial charge on any atom is -0.462 e. The summed E-state index contributed by atoms with van der Waals surface area (Å²) >= 11 is 1.20. The van der Waals surface area contributed by atoms with Gasteiger partial charge in [0, 0.05) is 24.5 Å². The van der Waals surface area contributed by atoms with Gasteiger partial charge < -0.3 is 26.8 Å². The Balaban J connectivity index is 1.83. The number of pyridine rings is 1. The number of carbonyl (C=O) groups is 2. The molecule has 9 heteroatoms. The number of aromatic nitrogens is 1. The Labute approximate surface area is 184 Å². The smallest absolute Gasteiger partial charge is 0.338 e. The molecule has 2 aromatic heterocycles. The molecule has 4 rings (SSSR count). The molecule has 8 nitrogen and oxygen atoms in total. The maximum atomic E-state index is 12.0. The van der Waals surface area contributed by atoms with Gasteiger partial charge in [0.2, 0.25) is 0 Å². The molecule has 1 fully saturated rings. The van der Waals surface area contributed by atoms with E-state index in [1.165, 1.54) is 11.3 Å². The summed E-state index contributed by atoms with van der Waals surface area (Å²) in [6.45, 7) is 3.70. The van der Waals surface area contributed by atoms with Crippen LogP contribution in [0.3, 0.4) is 0 Å². The van der Waals surface area contributed by atoms with Crippen molar-refractivity contribution in [3.8, 4) is 11.1 Å². The van der Waals surface area contributed by atoms with E-state index in [1.807, 2.05) is 18.2 Å². The zero-order valence-electron chi connectivity index (χ0n) is 17.3. The second-order valence-corrected chi connectivity index (χ2v) is 8.54. The average Bonchev–Trinajstić information content (AvgIpc) is 3.11. The van der Waals surface area contributed by atoms with Crippen LogP contribution in [0.5, 0.6) is 0 Å². The molecule has 3 aromatic rings. The summed E-state index contributed by atoms with van der Waals surface area (Å²) in [4.78, 5) is 31.8. The number of anilines is 2. The van der Waals surface area contributed by atoms with Crippen LogP contribution in [0.2, 0.25) is 0 Å². The lowest BCUT2D eigenvalue weighted by molar-refractivity contribution is 0.0526. The second kappa shape index (κ2) is 8.52. The number of nitrogens with two attached hydrogens (primary N) is 3. The molecule has 6 N–H and O–H groups in total. The predicted octanol–water partition coefficient (Wildman–Crippen LogP) is 2.75. The molecular weight excluding hydrogens is 414 g/mol. The first-order valence-corrected chi connectivity index (χ1v) is 11.0. The van der Waals surface area contributed by atoms with E-state index in [0.29, 0.717) is 33.0 Å². The summed E-state index contributed by atoms with van der Waals surface area (Å²) in [7, 11) is 0. The second-order valence-electron chi connectivity index (χ2n) is 7.54. The molecule has 3 heterocycles. The zero-order chi connectivity index (χ0) is 22.1. The van der Waals surface area contributed by atoms with Gasteiger partial charge in [0.15, 0.2) is 0 Å². The van der Waals surface area contributed by atoms with Crippen LogP contribution in [-0.2, 0) is 4.74 Å². The average molecular weight is 440 g/mol. The number of primary amides is 1. The van der Waals surface area contributed by atoms with Gasteiger partial charge in [-0.05, 0) is 49.1 Å². The molecule has 1 amide bonds. The third-order valence-corrected chi connectivity index (χ3v) is 6.59. The standard InChI is InChI=1S/C22H25N5O3S/c1-2-30-22(29)13-5-3-12(4-6-13)15-11-16(27-9-7-14(23)8-10-27)26-21-17(15)18(24)19(31-21)20(25)28/h3-6,11,14H,2,7-10,23-24H2,1H3,(H2,25,28). The number of esters is 1. The number of hydrogen-bond donors (Lipinski definition) is 3. The highest BCUT2D eigenvalue weighted by atomic mass is 32.1. The van der Waals surface area contributed by atoms with E-state index in [-0.39, 0.29) is 12.0 Å². The molecule has 0 spiro atoms. The molecule has 1 aliphatic heterocycles. The fourth-order valence-corrected chi connectivity index (χ4v) is 4.78. The Hall–Kier alpha value is -3.17. The van der Waals surface area contributed by atoms with Crippen LogP contribution in [0, 0.1) is 0 Å². The third-order valence-electron chi connectivity index (χ3n) is 5.48. The quantitative estimate of drug-likeness (QED) is 0.520. The van der Waals surface area contributed by atoms with E-state index >= 15 is 0 Å². The maximum absolute atomic E-state index is 12.0. The zero-order valence-corrected chi connectivity index (χ0v) is 18.1. The Morgan fingerprint density at radius 3 is 2.52 bits per heavy atom. The maximum Gasteiger partial charge on any atom is 0.338 e. The van der Waals surface area contributed by atoms with E-state index in [0.717, 1.165) is 42.9 Å². The van der Waals surface area contributed by atoms with Gasteiger partial charge in [0.25, 0.3) is 5.91 Å². The number of hydrogen-bond acceptors (Lipinski definition) is 8. The number of carbonyl (C=O) groups excluding carboxylic acids is 2. The van der Waals surface area contributed by atoms with Crippen molar-refractivity contribution in [1.29, 1.82) is 0 Å². The van der Waals surface area contributed by atoms with Crippen LogP contribution in [0.1, 0.15) is 39.8 Å². The van der Waals surface area contributed by atoms with Crippen molar-refractivity contribution in [2.75, 3.05) is 30.3 Å². The molecule has 0 saturated carbocycles. The lowest BCUT2D eigenvalue weighted by atomic mass is 10.00. The van der Waals surface area contributed by atoms with Gasteiger partial charge in [-0.3, -0.25) is 4.79 Å². The van der Waals surface area contributed by atoms with E-state index in [1.54, 1.807) is 19.1 Å². The van der Waals surface area contributed by atoms with Crippen molar-refractivity contribution in [2.24, 2.45) is 11.5 Å². The monoisotopic (exact) mass is 439 g/mol. The predicted molar refractivity (Wildman–Crippen MR) is 123 cm³/mol. The van der Waals surface area contributed by atoms with Gasteiger partial charge in [-0.15, -0.1) is 11.3 Å². The van der Waals surface area contributed by atoms with Gasteiger partial charge in [-0.25, -0.2) is 9.78 Å². The van der Waals surface area contributed by atoms with Crippen LogP contribution in [0.25, 0.3) is 21.3 Å². The van der Waals surface area contributed by atoms with Gasteiger partial charge in [0.1, 0.15) is 15.5 Å². The normalized spacial score (nSPS) is 14.7. The molecule has 0 bridgehead atoms. The molecule has 1 aromatic carbocycles. The summed E-state index contributed by atoms with van der Waals surface area (Å²) in [6, 6.07) is 9.31. The summed E-state index contributed by atoms with van der Waals surface area (Å²) in [5, 5.41) is 0.695. The van der Waals surface area contributed by atoms with Crippen LogP contribution in [0.4, 0.5) is 11.5 Å². The molecule has 162 valence electrons. The van der Waals surface area contributed by atoms with Crippen LogP contribution in [0.15, 0.2) is 30.3 Å². The Morgan fingerprint density at radius 1 is 1.23 bits per heavy atom.